The molecule has 2 aromatic rings. The standard InChI is InChI=1S/C11H11FN4O/c1-7-3-2-4-9(12)8(7)5-16-6-10(11(13)17)14-15-16/h2-4,6H,5H2,1H3,(H2,13,17). The molecule has 1 heterocycles. The van der Waals surface area contributed by atoms with Gasteiger partial charge in [-0.25, -0.2) is 9.07 Å². The zero-order chi connectivity index (χ0) is 12.4. The molecule has 88 valence electrons. The van der Waals surface area contributed by atoms with Crippen molar-refractivity contribution < 1.29 is 9.18 Å². The molecule has 2 rings (SSSR count). The van der Waals surface area contributed by atoms with Gasteiger partial charge in [0.1, 0.15) is 5.82 Å². The summed E-state index contributed by atoms with van der Waals surface area (Å²) in [6.07, 6.45) is 1.40. The zero-order valence-electron chi connectivity index (χ0n) is 9.22. The summed E-state index contributed by atoms with van der Waals surface area (Å²) in [4.78, 5) is 10.8. The molecule has 6 heteroatoms. The van der Waals surface area contributed by atoms with Crippen LogP contribution in [0.3, 0.4) is 0 Å². The minimum Gasteiger partial charge on any atom is -0.364 e. The van der Waals surface area contributed by atoms with E-state index in [1.165, 1.54) is 16.9 Å². The number of aromatic nitrogens is 3. The molecular weight excluding hydrogens is 223 g/mol. The summed E-state index contributed by atoms with van der Waals surface area (Å²) in [6, 6.07) is 4.84. The number of nitrogens with two attached hydrogens (primary N) is 1. The van der Waals surface area contributed by atoms with Crippen molar-refractivity contribution >= 4 is 5.91 Å². The number of amides is 1. The Hall–Kier alpha value is -2.24. The van der Waals surface area contributed by atoms with Crippen LogP contribution in [-0.4, -0.2) is 20.9 Å². The van der Waals surface area contributed by atoms with Gasteiger partial charge >= 0.3 is 0 Å². The minimum absolute atomic E-state index is 0.0685. The van der Waals surface area contributed by atoms with Gasteiger partial charge in [-0.3, -0.25) is 4.79 Å². The van der Waals surface area contributed by atoms with Gasteiger partial charge in [0.2, 0.25) is 0 Å². The number of carbonyl (C=O) groups is 1. The molecule has 1 aromatic heterocycles. The number of nitrogens with zero attached hydrogens (tertiary/aromatic N) is 3. The second-order valence-corrected chi connectivity index (χ2v) is 3.70. The number of benzene rings is 1. The highest BCUT2D eigenvalue weighted by Gasteiger charge is 2.10. The molecule has 1 amide bonds. The van der Waals surface area contributed by atoms with Gasteiger partial charge in [-0.1, -0.05) is 17.3 Å². The summed E-state index contributed by atoms with van der Waals surface area (Å²) in [5.74, 6) is -0.956. The molecule has 0 aliphatic heterocycles. The van der Waals surface area contributed by atoms with E-state index < -0.39 is 5.91 Å². The van der Waals surface area contributed by atoms with Gasteiger partial charge in [0.05, 0.1) is 12.7 Å². The number of aryl methyl sites for hydroxylation is 1. The lowest BCUT2D eigenvalue weighted by molar-refractivity contribution is 0.0995. The molecule has 17 heavy (non-hydrogen) atoms. The van der Waals surface area contributed by atoms with E-state index in [2.05, 4.69) is 10.3 Å². The van der Waals surface area contributed by atoms with E-state index in [4.69, 9.17) is 5.73 Å². The van der Waals surface area contributed by atoms with Crippen molar-refractivity contribution in [3.63, 3.8) is 0 Å². The van der Waals surface area contributed by atoms with E-state index in [0.717, 1.165) is 5.56 Å². The number of primary amides is 1. The Labute approximate surface area is 97.0 Å². The smallest absolute Gasteiger partial charge is 0.270 e. The van der Waals surface area contributed by atoms with Crippen LogP contribution in [-0.2, 0) is 6.54 Å². The van der Waals surface area contributed by atoms with Crippen molar-refractivity contribution in [1.29, 1.82) is 0 Å². The molecule has 0 unspecified atom stereocenters. The fourth-order valence-corrected chi connectivity index (χ4v) is 1.52. The molecule has 0 radical (unpaired) electrons. The molecule has 0 aliphatic carbocycles. The minimum atomic E-state index is -0.651. The predicted molar refractivity (Wildman–Crippen MR) is 58.8 cm³/mol. The van der Waals surface area contributed by atoms with E-state index in [9.17, 15) is 9.18 Å². The van der Waals surface area contributed by atoms with Gasteiger partial charge in [-0.15, -0.1) is 5.10 Å². The van der Waals surface area contributed by atoms with Gasteiger partial charge in [-0.2, -0.15) is 0 Å². The topological polar surface area (TPSA) is 73.8 Å². The van der Waals surface area contributed by atoms with Gasteiger partial charge in [0.25, 0.3) is 5.91 Å². The summed E-state index contributed by atoms with van der Waals surface area (Å²) >= 11 is 0. The molecule has 0 saturated heterocycles. The van der Waals surface area contributed by atoms with Gasteiger partial charge in [-0.05, 0) is 18.6 Å². The first-order valence-electron chi connectivity index (χ1n) is 5.02. The van der Waals surface area contributed by atoms with E-state index in [0.29, 0.717) is 5.56 Å². The number of hydrogen-bond donors (Lipinski definition) is 1. The highest BCUT2D eigenvalue weighted by molar-refractivity contribution is 5.90. The highest BCUT2D eigenvalue weighted by Crippen LogP contribution is 2.13. The molecule has 0 aliphatic rings. The van der Waals surface area contributed by atoms with Crippen LogP contribution in [0.2, 0.25) is 0 Å². The van der Waals surface area contributed by atoms with Crippen molar-refractivity contribution in [2.24, 2.45) is 5.73 Å². The lowest BCUT2D eigenvalue weighted by Crippen LogP contribution is -2.11. The SMILES string of the molecule is Cc1cccc(F)c1Cn1cc(C(N)=O)nn1. The predicted octanol–water partition coefficient (Wildman–Crippen LogP) is 0.873. The second kappa shape index (κ2) is 4.32. The quantitative estimate of drug-likeness (QED) is 0.856. The summed E-state index contributed by atoms with van der Waals surface area (Å²) < 4.78 is 14.9. The van der Waals surface area contributed by atoms with E-state index in [1.807, 2.05) is 13.0 Å². The maximum Gasteiger partial charge on any atom is 0.270 e. The fourth-order valence-electron chi connectivity index (χ4n) is 1.52. The van der Waals surface area contributed by atoms with Crippen LogP contribution in [0.25, 0.3) is 0 Å². The number of carbonyl (C=O) groups excluding carboxylic acids is 1. The van der Waals surface area contributed by atoms with Gasteiger partial charge in [0.15, 0.2) is 5.69 Å². The Kier molecular flexibility index (Phi) is 2.86. The molecule has 2 N–H and O–H groups in total. The van der Waals surface area contributed by atoms with Crippen molar-refractivity contribution in [3.05, 3.63) is 47.0 Å². The molecule has 5 nitrogen and oxygen atoms in total. The Balaban J connectivity index is 2.28. The maximum absolute atomic E-state index is 13.5. The number of halogens is 1. The van der Waals surface area contributed by atoms with Gasteiger partial charge < -0.3 is 5.73 Å². The Morgan fingerprint density at radius 3 is 2.88 bits per heavy atom. The molecule has 1 aromatic carbocycles. The summed E-state index contributed by atoms with van der Waals surface area (Å²) in [5.41, 5.74) is 6.46. The van der Waals surface area contributed by atoms with Crippen molar-refractivity contribution in [2.45, 2.75) is 13.5 Å². The Morgan fingerprint density at radius 2 is 2.29 bits per heavy atom. The van der Waals surface area contributed by atoms with Crippen LogP contribution >= 0.6 is 0 Å². The third-order valence-electron chi connectivity index (χ3n) is 2.46. The van der Waals surface area contributed by atoms with Crippen molar-refractivity contribution in [1.82, 2.24) is 15.0 Å². The average Bonchev–Trinajstić information content (AvgIpc) is 2.72. The molecule has 0 saturated carbocycles. The van der Waals surface area contributed by atoms with Crippen molar-refractivity contribution in [3.8, 4) is 0 Å². The van der Waals surface area contributed by atoms with E-state index in [1.54, 1.807) is 6.07 Å². The first-order chi connectivity index (χ1) is 8.08. The Bertz CT molecular complexity index is 544. The van der Waals surface area contributed by atoms with Crippen LogP contribution in [0.5, 0.6) is 0 Å². The third kappa shape index (κ3) is 2.30. The average molecular weight is 234 g/mol. The van der Waals surface area contributed by atoms with Gasteiger partial charge in [0, 0.05) is 5.56 Å². The number of hydrogen-bond acceptors (Lipinski definition) is 3. The summed E-state index contributed by atoms with van der Waals surface area (Å²) in [7, 11) is 0. The van der Waals surface area contributed by atoms with Crippen LogP contribution in [0, 0.1) is 12.7 Å². The maximum atomic E-state index is 13.5. The fraction of sp³-hybridized carbons (Fsp3) is 0.182. The van der Waals surface area contributed by atoms with E-state index >= 15 is 0 Å². The van der Waals surface area contributed by atoms with Crippen LogP contribution in [0.1, 0.15) is 21.6 Å². The largest absolute Gasteiger partial charge is 0.364 e. The lowest BCUT2D eigenvalue weighted by atomic mass is 10.1. The third-order valence-corrected chi connectivity index (χ3v) is 2.46. The van der Waals surface area contributed by atoms with Crippen molar-refractivity contribution in [2.75, 3.05) is 0 Å². The van der Waals surface area contributed by atoms with Crippen LogP contribution in [0.15, 0.2) is 24.4 Å². The van der Waals surface area contributed by atoms with E-state index in [-0.39, 0.29) is 18.1 Å². The lowest BCUT2D eigenvalue weighted by Gasteiger charge is -2.06. The zero-order valence-corrected chi connectivity index (χ0v) is 9.22. The molecule has 0 bridgehead atoms. The molecule has 0 spiro atoms. The van der Waals surface area contributed by atoms with Crippen LogP contribution < -0.4 is 5.73 Å². The highest BCUT2D eigenvalue weighted by atomic mass is 19.1. The summed E-state index contributed by atoms with van der Waals surface area (Å²) in [5, 5.41) is 7.30. The normalized spacial score (nSPS) is 10.5. The first-order valence-corrected chi connectivity index (χ1v) is 5.02. The Morgan fingerprint density at radius 1 is 1.53 bits per heavy atom. The van der Waals surface area contributed by atoms with Crippen LogP contribution in [0.4, 0.5) is 4.39 Å². The molecule has 0 fully saturated rings. The second-order valence-electron chi connectivity index (χ2n) is 3.70. The molecular formula is C11H11FN4O. The number of rotatable bonds is 3. The molecule has 0 atom stereocenters. The monoisotopic (exact) mass is 234 g/mol. The summed E-state index contributed by atoms with van der Waals surface area (Å²) in [6.45, 7) is 2.03. The first kappa shape index (κ1) is 11.3.